The second-order valence-electron chi connectivity index (χ2n) is 5.92. The Morgan fingerprint density at radius 1 is 0.889 bits per heavy atom. The molecule has 1 aliphatic rings. The minimum atomic E-state index is -0.450. The molecular weight excluding hydrogens is 372 g/mol. The molecule has 1 aliphatic heterocycles. The second-order valence-corrected chi connectivity index (χ2v) is 7.03. The third-order valence-electron chi connectivity index (χ3n) is 4.13. The third kappa shape index (κ3) is 4.26. The number of halogens is 2. The molecule has 0 aromatic heterocycles. The molecule has 140 valence electrons. The van der Waals surface area contributed by atoms with Gasteiger partial charge in [0.2, 0.25) is 0 Å². The predicted octanol–water partition coefficient (Wildman–Crippen LogP) is 3.01. The highest BCUT2D eigenvalue weighted by molar-refractivity contribution is 8.04. The molecule has 27 heavy (non-hydrogen) atoms. The van der Waals surface area contributed by atoms with E-state index in [4.69, 9.17) is 5.11 Å². The average Bonchev–Trinajstić information content (AvgIpc) is 2.90. The highest BCUT2D eigenvalue weighted by atomic mass is 32.2. The zero-order chi connectivity index (χ0) is 19.4. The maximum atomic E-state index is 13.2. The molecule has 2 aromatic rings. The number of aliphatic hydroxyl groups excluding tert-OH is 1. The Kier molecular flexibility index (Phi) is 6.03. The van der Waals surface area contributed by atoms with Gasteiger partial charge in [0.15, 0.2) is 0 Å². The summed E-state index contributed by atoms with van der Waals surface area (Å²) in [5.74, 6) is -1.40. The van der Waals surface area contributed by atoms with E-state index in [1.807, 2.05) is 0 Å². The van der Waals surface area contributed by atoms with Gasteiger partial charge in [-0.15, -0.1) is 11.8 Å². The van der Waals surface area contributed by atoms with Crippen molar-refractivity contribution in [2.45, 2.75) is 6.42 Å². The molecule has 0 bridgehead atoms. The normalized spacial score (nSPS) is 14.4. The smallest absolute Gasteiger partial charge is 0.267 e. The van der Waals surface area contributed by atoms with Gasteiger partial charge in [0.25, 0.3) is 11.8 Å². The standard InChI is InChI=1S/C20H17F2NO3S/c21-15-5-1-13(2-6-15)9-10-23-19(25)17(14-3-7-16(22)8-4-14)18(20(23)26)27-12-11-24/h1-8,24H,9-12H2. The van der Waals surface area contributed by atoms with Crippen molar-refractivity contribution >= 4 is 29.1 Å². The van der Waals surface area contributed by atoms with Gasteiger partial charge in [0.05, 0.1) is 17.1 Å². The van der Waals surface area contributed by atoms with Crippen LogP contribution in [0.1, 0.15) is 11.1 Å². The summed E-state index contributed by atoms with van der Waals surface area (Å²) < 4.78 is 26.2. The summed E-state index contributed by atoms with van der Waals surface area (Å²) >= 11 is 1.10. The first-order chi connectivity index (χ1) is 13.0. The third-order valence-corrected chi connectivity index (χ3v) is 5.19. The molecule has 0 spiro atoms. The number of nitrogens with zero attached hydrogens (tertiary/aromatic N) is 1. The number of imide groups is 1. The van der Waals surface area contributed by atoms with E-state index in [-0.39, 0.29) is 35.2 Å². The van der Waals surface area contributed by atoms with Crippen LogP contribution in [0.4, 0.5) is 8.78 Å². The number of rotatable bonds is 7. The quantitative estimate of drug-likeness (QED) is 0.740. The van der Waals surface area contributed by atoms with Gasteiger partial charge in [-0.2, -0.15) is 0 Å². The molecule has 4 nitrogen and oxygen atoms in total. The fourth-order valence-corrected chi connectivity index (χ4v) is 3.68. The van der Waals surface area contributed by atoms with E-state index >= 15 is 0 Å². The molecular formula is C20H17F2NO3S. The Morgan fingerprint density at radius 2 is 1.48 bits per heavy atom. The maximum Gasteiger partial charge on any atom is 0.267 e. The van der Waals surface area contributed by atoms with E-state index < -0.39 is 17.6 Å². The van der Waals surface area contributed by atoms with Crippen molar-refractivity contribution in [3.8, 4) is 0 Å². The topological polar surface area (TPSA) is 57.6 Å². The summed E-state index contributed by atoms with van der Waals surface area (Å²) in [7, 11) is 0. The van der Waals surface area contributed by atoms with Gasteiger partial charge < -0.3 is 5.11 Å². The Labute approximate surface area is 159 Å². The highest BCUT2D eigenvalue weighted by Gasteiger charge is 2.38. The SMILES string of the molecule is O=C1C(SCCO)=C(c2ccc(F)cc2)C(=O)N1CCc1ccc(F)cc1. The summed E-state index contributed by atoms with van der Waals surface area (Å²) in [5.41, 5.74) is 1.48. The van der Waals surface area contributed by atoms with Crippen molar-refractivity contribution in [3.05, 3.63) is 76.2 Å². The Hall–Kier alpha value is -2.51. The molecule has 0 radical (unpaired) electrons. The molecule has 1 N–H and O–H groups in total. The summed E-state index contributed by atoms with van der Waals surface area (Å²) in [6.45, 7) is 0.0130. The van der Waals surface area contributed by atoms with Crippen molar-refractivity contribution < 1.29 is 23.5 Å². The van der Waals surface area contributed by atoms with E-state index in [1.165, 1.54) is 36.4 Å². The average molecular weight is 389 g/mol. The number of amides is 2. The van der Waals surface area contributed by atoms with E-state index in [1.54, 1.807) is 12.1 Å². The van der Waals surface area contributed by atoms with Crippen LogP contribution in [0, 0.1) is 11.6 Å². The number of benzene rings is 2. The monoisotopic (exact) mass is 389 g/mol. The number of carbonyl (C=O) groups excluding carboxylic acids is 2. The molecule has 3 rings (SSSR count). The summed E-state index contributed by atoms with van der Waals surface area (Å²) in [6, 6.07) is 11.2. The van der Waals surface area contributed by atoms with Crippen LogP contribution in [0.25, 0.3) is 5.57 Å². The molecule has 0 fully saturated rings. The number of carbonyl (C=O) groups is 2. The molecule has 7 heteroatoms. The van der Waals surface area contributed by atoms with Crippen LogP contribution in [-0.4, -0.2) is 40.7 Å². The van der Waals surface area contributed by atoms with Crippen molar-refractivity contribution in [1.82, 2.24) is 4.90 Å². The lowest BCUT2D eigenvalue weighted by atomic mass is 10.1. The van der Waals surface area contributed by atoms with Crippen molar-refractivity contribution in [2.24, 2.45) is 0 Å². The van der Waals surface area contributed by atoms with E-state index in [9.17, 15) is 18.4 Å². The molecule has 0 aliphatic carbocycles. The zero-order valence-electron chi connectivity index (χ0n) is 14.3. The van der Waals surface area contributed by atoms with Gasteiger partial charge in [0.1, 0.15) is 11.6 Å². The van der Waals surface area contributed by atoms with Gasteiger partial charge in [-0.3, -0.25) is 14.5 Å². The fraction of sp³-hybridized carbons (Fsp3) is 0.200. The summed E-state index contributed by atoms with van der Waals surface area (Å²) in [5, 5.41) is 9.08. The first-order valence-electron chi connectivity index (χ1n) is 8.35. The molecule has 2 aromatic carbocycles. The number of hydrogen-bond acceptors (Lipinski definition) is 4. The van der Waals surface area contributed by atoms with Gasteiger partial charge >= 0.3 is 0 Å². The fourth-order valence-electron chi connectivity index (χ4n) is 2.80. The largest absolute Gasteiger partial charge is 0.396 e. The lowest BCUT2D eigenvalue weighted by Crippen LogP contribution is -2.33. The van der Waals surface area contributed by atoms with E-state index in [0.29, 0.717) is 12.0 Å². The van der Waals surface area contributed by atoms with Crippen molar-refractivity contribution in [3.63, 3.8) is 0 Å². The van der Waals surface area contributed by atoms with Crippen LogP contribution < -0.4 is 0 Å². The molecule has 0 atom stereocenters. The van der Waals surface area contributed by atoms with Crippen LogP contribution in [0.3, 0.4) is 0 Å². The first-order valence-corrected chi connectivity index (χ1v) is 9.34. The molecule has 2 amide bonds. The van der Waals surface area contributed by atoms with Crippen molar-refractivity contribution in [1.29, 1.82) is 0 Å². The summed E-state index contributed by atoms with van der Waals surface area (Å²) in [4.78, 5) is 27.0. The van der Waals surface area contributed by atoms with E-state index in [0.717, 1.165) is 22.2 Å². The molecule has 0 saturated heterocycles. The number of aliphatic hydroxyl groups is 1. The minimum absolute atomic E-state index is 0.137. The summed E-state index contributed by atoms with van der Waals surface area (Å²) in [6.07, 6.45) is 0.395. The maximum absolute atomic E-state index is 13.2. The lowest BCUT2D eigenvalue weighted by Gasteiger charge is -2.15. The first kappa shape index (κ1) is 19.3. The van der Waals surface area contributed by atoms with Gasteiger partial charge in [-0.05, 0) is 41.8 Å². The second kappa shape index (κ2) is 8.45. The van der Waals surface area contributed by atoms with Crippen LogP contribution in [0.5, 0.6) is 0 Å². The molecule has 1 heterocycles. The lowest BCUT2D eigenvalue weighted by molar-refractivity contribution is -0.136. The Morgan fingerprint density at radius 3 is 2.07 bits per heavy atom. The van der Waals surface area contributed by atoms with E-state index in [2.05, 4.69) is 0 Å². The Balaban J connectivity index is 1.84. The Bertz CT molecular complexity index is 879. The molecule has 0 unspecified atom stereocenters. The van der Waals surface area contributed by atoms with Crippen LogP contribution in [0.2, 0.25) is 0 Å². The van der Waals surface area contributed by atoms with Gasteiger partial charge in [-0.1, -0.05) is 24.3 Å². The zero-order valence-corrected chi connectivity index (χ0v) is 15.1. The predicted molar refractivity (Wildman–Crippen MR) is 99.7 cm³/mol. The highest BCUT2D eigenvalue weighted by Crippen LogP contribution is 2.36. The number of hydrogen-bond donors (Lipinski definition) is 1. The van der Waals surface area contributed by atoms with Crippen LogP contribution in [-0.2, 0) is 16.0 Å². The number of thioether (sulfide) groups is 1. The van der Waals surface area contributed by atoms with Gasteiger partial charge in [-0.25, -0.2) is 8.78 Å². The minimum Gasteiger partial charge on any atom is -0.396 e. The van der Waals surface area contributed by atoms with Crippen LogP contribution in [0.15, 0.2) is 53.4 Å². The van der Waals surface area contributed by atoms with Gasteiger partial charge in [0, 0.05) is 12.3 Å². The molecule has 0 saturated carbocycles. The van der Waals surface area contributed by atoms with Crippen molar-refractivity contribution in [2.75, 3.05) is 18.9 Å². The van der Waals surface area contributed by atoms with Crippen LogP contribution >= 0.6 is 11.8 Å².